The van der Waals surface area contributed by atoms with E-state index in [0.717, 1.165) is 0 Å². The van der Waals surface area contributed by atoms with Crippen LogP contribution in [0.4, 0.5) is 4.79 Å². The quantitative estimate of drug-likeness (QED) is 0.413. The standard InChI is InChI=1S/C12H21NO6/c1-6-18-10(15)9(7-8-14)13(17-5)11(16)19-12(2,3)4/h8-9H,6-7H2,1-5H3/t9-/m0/s1. The number of carbonyl (C=O) groups is 3. The Bertz CT molecular complexity index is 323. The molecule has 0 radical (unpaired) electrons. The van der Waals surface area contributed by atoms with Gasteiger partial charge in [0, 0.05) is 6.42 Å². The van der Waals surface area contributed by atoms with E-state index < -0.39 is 23.7 Å². The van der Waals surface area contributed by atoms with Crippen LogP contribution in [0.5, 0.6) is 0 Å². The summed E-state index contributed by atoms with van der Waals surface area (Å²) in [6.07, 6.45) is -0.570. The maximum atomic E-state index is 11.9. The largest absolute Gasteiger partial charge is 0.464 e. The predicted molar refractivity (Wildman–Crippen MR) is 66.2 cm³/mol. The van der Waals surface area contributed by atoms with Gasteiger partial charge in [0.25, 0.3) is 0 Å². The third-order valence-corrected chi connectivity index (χ3v) is 1.93. The van der Waals surface area contributed by atoms with Crippen LogP contribution in [0.15, 0.2) is 0 Å². The van der Waals surface area contributed by atoms with Crippen LogP contribution < -0.4 is 0 Å². The Labute approximate surface area is 112 Å². The van der Waals surface area contributed by atoms with Gasteiger partial charge < -0.3 is 14.3 Å². The monoisotopic (exact) mass is 275 g/mol. The number of esters is 1. The highest BCUT2D eigenvalue weighted by Crippen LogP contribution is 2.14. The zero-order chi connectivity index (χ0) is 15.1. The molecule has 0 aromatic heterocycles. The maximum Gasteiger partial charge on any atom is 0.435 e. The average molecular weight is 275 g/mol. The molecule has 0 rings (SSSR count). The molecule has 0 N–H and O–H groups in total. The summed E-state index contributed by atoms with van der Waals surface area (Å²) in [6, 6.07) is -1.16. The smallest absolute Gasteiger partial charge is 0.435 e. The van der Waals surface area contributed by atoms with Crippen LogP contribution >= 0.6 is 0 Å². The molecule has 0 saturated carbocycles. The van der Waals surface area contributed by atoms with Crippen molar-refractivity contribution in [2.45, 2.75) is 45.8 Å². The molecular weight excluding hydrogens is 254 g/mol. The Balaban J connectivity index is 4.97. The van der Waals surface area contributed by atoms with Crippen molar-refractivity contribution in [3.8, 4) is 0 Å². The van der Waals surface area contributed by atoms with E-state index >= 15 is 0 Å². The number of hydroxylamine groups is 2. The minimum atomic E-state index is -1.16. The van der Waals surface area contributed by atoms with Gasteiger partial charge >= 0.3 is 12.1 Å². The summed E-state index contributed by atoms with van der Waals surface area (Å²) in [5.74, 6) is -0.720. The molecule has 1 amide bonds. The van der Waals surface area contributed by atoms with Crippen LogP contribution in [0.1, 0.15) is 34.1 Å². The fourth-order valence-electron chi connectivity index (χ4n) is 1.25. The predicted octanol–water partition coefficient (Wildman–Crippen LogP) is 1.31. The zero-order valence-corrected chi connectivity index (χ0v) is 12.0. The topological polar surface area (TPSA) is 82.1 Å². The number of nitrogens with zero attached hydrogens (tertiary/aromatic N) is 1. The van der Waals surface area contributed by atoms with E-state index in [1.165, 1.54) is 7.11 Å². The third-order valence-electron chi connectivity index (χ3n) is 1.93. The first-order valence-electron chi connectivity index (χ1n) is 5.93. The first kappa shape index (κ1) is 17.4. The average Bonchev–Trinajstić information content (AvgIpc) is 2.26. The molecule has 0 unspecified atom stereocenters. The molecule has 19 heavy (non-hydrogen) atoms. The number of ether oxygens (including phenoxy) is 2. The first-order valence-corrected chi connectivity index (χ1v) is 5.93. The van der Waals surface area contributed by atoms with Crippen molar-refractivity contribution in [1.29, 1.82) is 0 Å². The van der Waals surface area contributed by atoms with Gasteiger partial charge in [-0.05, 0) is 27.7 Å². The zero-order valence-electron chi connectivity index (χ0n) is 12.0. The van der Waals surface area contributed by atoms with Crippen LogP contribution in [-0.4, -0.2) is 48.8 Å². The molecule has 0 aliphatic carbocycles. The van der Waals surface area contributed by atoms with Gasteiger partial charge in [0.15, 0.2) is 6.04 Å². The Hall–Kier alpha value is -1.63. The minimum Gasteiger partial charge on any atom is -0.464 e. The molecule has 0 aromatic carbocycles. The lowest BCUT2D eigenvalue weighted by molar-refractivity contribution is -0.180. The fourth-order valence-corrected chi connectivity index (χ4v) is 1.25. The molecule has 0 spiro atoms. The molecule has 0 aliphatic rings. The van der Waals surface area contributed by atoms with Crippen LogP contribution in [0.25, 0.3) is 0 Å². The second-order valence-corrected chi connectivity index (χ2v) is 4.66. The van der Waals surface area contributed by atoms with Crippen molar-refractivity contribution >= 4 is 18.3 Å². The van der Waals surface area contributed by atoms with Crippen LogP contribution in [0.2, 0.25) is 0 Å². The van der Waals surface area contributed by atoms with E-state index in [2.05, 4.69) is 0 Å². The molecule has 0 aliphatic heterocycles. The lowest BCUT2D eigenvalue weighted by Crippen LogP contribution is -2.47. The number of hydrogen-bond donors (Lipinski definition) is 0. The fraction of sp³-hybridized carbons (Fsp3) is 0.750. The molecule has 110 valence electrons. The van der Waals surface area contributed by atoms with E-state index in [4.69, 9.17) is 14.3 Å². The Morgan fingerprint density at radius 1 is 1.32 bits per heavy atom. The highest BCUT2D eigenvalue weighted by atomic mass is 16.7. The number of hydrogen-bond acceptors (Lipinski definition) is 6. The van der Waals surface area contributed by atoms with Crippen molar-refractivity contribution in [1.82, 2.24) is 5.06 Å². The van der Waals surface area contributed by atoms with Crippen molar-refractivity contribution in [2.24, 2.45) is 0 Å². The SMILES string of the molecule is CCOC(=O)[C@H](CC=O)N(OC)C(=O)OC(C)(C)C. The van der Waals surface area contributed by atoms with E-state index in [-0.39, 0.29) is 13.0 Å². The van der Waals surface area contributed by atoms with Crippen LogP contribution in [0, 0.1) is 0 Å². The highest BCUT2D eigenvalue weighted by Gasteiger charge is 2.34. The van der Waals surface area contributed by atoms with Gasteiger partial charge in [-0.3, -0.25) is 4.84 Å². The normalized spacial score (nSPS) is 12.5. The summed E-state index contributed by atoms with van der Waals surface area (Å²) in [7, 11) is 1.21. The van der Waals surface area contributed by atoms with E-state index in [0.29, 0.717) is 11.3 Å². The molecule has 1 atom stereocenters. The molecule has 0 fully saturated rings. The molecule has 0 bridgehead atoms. The number of rotatable bonds is 6. The first-order chi connectivity index (χ1) is 8.76. The number of aldehydes is 1. The van der Waals surface area contributed by atoms with Crippen molar-refractivity contribution < 1.29 is 28.7 Å². The van der Waals surface area contributed by atoms with Gasteiger partial charge in [0.1, 0.15) is 11.9 Å². The Kier molecular flexibility index (Phi) is 7.06. The van der Waals surface area contributed by atoms with Crippen LogP contribution in [-0.2, 0) is 23.9 Å². The second-order valence-electron chi connectivity index (χ2n) is 4.66. The van der Waals surface area contributed by atoms with Crippen molar-refractivity contribution in [2.75, 3.05) is 13.7 Å². The molecular formula is C12H21NO6. The summed E-state index contributed by atoms with van der Waals surface area (Å²) in [5.41, 5.74) is -0.742. The molecule has 0 aromatic rings. The third kappa shape index (κ3) is 6.19. The number of amides is 1. The summed E-state index contributed by atoms with van der Waals surface area (Å²) in [6.45, 7) is 6.80. The lowest BCUT2D eigenvalue weighted by Gasteiger charge is -2.29. The van der Waals surface area contributed by atoms with Gasteiger partial charge in [-0.15, -0.1) is 0 Å². The van der Waals surface area contributed by atoms with Gasteiger partial charge in [0.05, 0.1) is 13.7 Å². The van der Waals surface area contributed by atoms with E-state index in [1.807, 2.05) is 0 Å². The van der Waals surface area contributed by atoms with Gasteiger partial charge in [0.2, 0.25) is 0 Å². The van der Waals surface area contributed by atoms with Crippen molar-refractivity contribution in [3.63, 3.8) is 0 Å². The van der Waals surface area contributed by atoms with Crippen LogP contribution in [0.3, 0.4) is 0 Å². The molecule has 0 saturated heterocycles. The van der Waals surface area contributed by atoms with E-state index in [1.54, 1.807) is 27.7 Å². The summed E-state index contributed by atoms with van der Waals surface area (Å²) in [5, 5.41) is 0.706. The molecule has 7 nitrogen and oxygen atoms in total. The second kappa shape index (κ2) is 7.73. The highest BCUT2D eigenvalue weighted by molar-refractivity contribution is 5.83. The van der Waals surface area contributed by atoms with E-state index in [9.17, 15) is 14.4 Å². The van der Waals surface area contributed by atoms with Gasteiger partial charge in [-0.1, -0.05) is 0 Å². The van der Waals surface area contributed by atoms with Gasteiger partial charge in [-0.25, -0.2) is 9.59 Å². The summed E-state index contributed by atoms with van der Waals surface area (Å²) in [4.78, 5) is 39.0. The van der Waals surface area contributed by atoms with Gasteiger partial charge in [-0.2, -0.15) is 5.06 Å². The molecule has 7 heteroatoms. The lowest BCUT2D eigenvalue weighted by atomic mass is 10.2. The Morgan fingerprint density at radius 2 is 1.89 bits per heavy atom. The van der Waals surface area contributed by atoms with Crippen molar-refractivity contribution in [3.05, 3.63) is 0 Å². The molecule has 0 heterocycles. The Morgan fingerprint density at radius 3 is 2.26 bits per heavy atom. The minimum absolute atomic E-state index is 0.139. The summed E-state index contributed by atoms with van der Waals surface area (Å²) >= 11 is 0. The number of carbonyl (C=O) groups excluding carboxylic acids is 3. The maximum absolute atomic E-state index is 11.9. The summed E-state index contributed by atoms with van der Waals surface area (Å²) < 4.78 is 9.88.